The van der Waals surface area contributed by atoms with Crippen molar-refractivity contribution in [2.75, 3.05) is 31.2 Å². The maximum Gasteiger partial charge on any atom is 0.318 e. The molecular formula is C15H18FN3O2. The first-order valence-electron chi connectivity index (χ1n) is 7.11. The number of morpholine rings is 1. The van der Waals surface area contributed by atoms with Crippen molar-refractivity contribution in [1.29, 1.82) is 0 Å². The lowest BCUT2D eigenvalue weighted by Gasteiger charge is -2.24. The van der Waals surface area contributed by atoms with E-state index in [1.54, 1.807) is 6.07 Å². The van der Waals surface area contributed by atoms with Crippen LogP contribution in [0.25, 0.3) is 11.5 Å². The first kappa shape index (κ1) is 14.0. The Hall–Kier alpha value is -1.95. The van der Waals surface area contributed by atoms with Gasteiger partial charge in [-0.15, -0.1) is 5.10 Å². The van der Waals surface area contributed by atoms with E-state index < -0.39 is 0 Å². The largest absolute Gasteiger partial charge is 0.403 e. The molecule has 1 aliphatic heterocycles. The quantitative estimate of drug-likeness (QED) is 0.870. The molecule has 6 heteroatoms. The molecule has 1 saturated heterocycles. The Morgan fingerprint density at radius 3 is 2.62 bits per heavy atom. The molecule has 112 valence electrons. The molecule has 21 heavy (non-hydrogen) atoms. The van der Waals surface area contributed by atoms with Crippen LogP contribution in [0.15, 0.2) is 22.6 Å². The predicted octanol–water partition coefficient (Wildman–Crippen LogP) is 2.84. The molecule has 0 spiro atoms. The van der Waals surface area contributed by atoms with Gasteiger partial charge in [-0.1, -0.05) is 25.0 Å². The number of nitrogens with zero attached hydrogens (tertiary/aromatic N) is 3. The maximum absolute atomic E-state index is 14.2. The number of ether oxygens (including phenoxy) is 1. The van der Waals surface area contributed by atoms with E-state index >= 15 is 0 Å². The Kier molecular flexibility index (Phi) is 3.88. The zero-order valence-corrected chi connectivity index (χ0v) is 12.2. The summed E-state index contributed by atoms with van der Waals surface area (Å²) in [5.41, 5.74) is 1.29. The predicted molar refractivity (Wildman–Crippen MR) is 76.8 cm³/mol. The van der Waals surface area contributed by atoms with Crippen molar-refractivity contribution >= 4 is 6.01 Å². The summed E-state index contributed by atoms with van der Waals surface area (Å²) in [7, 11) is 0. The molecule has 0 N–H and O–H groups in total. The van der Waals surface area contributed by atoms with E-state index in [2.05, 4.69) is 10.2 Å². The van der Waals surface area contributed by atoms with Gasteiger partial charge in [0, 0.05) is 13.1 Å². The minimum Gasteiger partial charge on any atom is -0.403 e. The Morgan fingerprint density at radius 2 is 1.95 bits per heavy atom. The molecule has 5 nitrogen and oxygen atoms in total. The van der Waals surface area contributed by atoms with Crippen molar-refractivity contribution in [3.8, 4) is 11.5 Å². The average molecular weight is 291 g/mol. The molecule has 2 heterocycles. The Bertz CT molecular complexity index is 621. The van der Waals surface area contributed by atoms with Crippen molar-refractivity contribution in [1.82, 2.24) is 10.2 Å². The summed E-state index contributed by atoms with van der Waals surface area (Å²) in [6.45, 7) is 6.73. The standard InChI is InChI=1S/C15H18FN3O2/c1-10(2)11-3-4-12(13(16)9-11)14-17-18-15(21-14)19-5-7-20-8-6-19/h3-4,9-10H,5-8H2,1-2H3. The minimum absolute atomic E-state index is 0.212. The van der Waals surface area contributed by atoms with E-state index in [1.165, 1.54) is 6.07 Å². The second-order valence-electron chi connectivity index (χ2n) is 5.38. The van der Waals surface area contributed by atoms with Crippen molar-refractivity contribution in [2.45, 2.75) is 19.8 Å². The number of rotatable bonds is 3. The summed E-state index contributed by atoms with van der Waals surface area (Å²) in [6, 6.07) is 5.53. The van der Waals surface area contributed by atoms with Crippen LogP contribution >= 0.6 is 0 Å². The summed E-state index contributed by atoms with van der Waals surface area (Å²) in [5.74, 6) is 0.155. The van der Waals surface area contributed by atoms with Crippen LogP contribution in [-0.2, 0) is 4.74 Å². The smallest absolute Gasteiger partial charge is 0.318 e. The van der Waals surface area contributed by atoms with Crippen molar-refractivity contribution < 1.29 is 13.5 Å². The van der Waals surface area contributed by atoms with Crippen LogP contribution in [0.4, 0.5) is 10.4 Å². The van der Waals surface area contributed by atoms with Crippen LogP contribution in [0.2, 0.25) is 0 Å². The highest BCUT2D eigenvalue weighted by molar-refractivity contribution is 5.55. The third-order valence-corrected chi connectivity index (χ3v) is 3.59. The second-order valence-corrected chi connectivity index (χ2v) is 5.38. The highest BCUT2D eigenvalue weighted by atomic mass is 19.1. The number of hydrogen-bond acceptors (Lipinski definition) is 5. The van der Waals surface area contributed by atoms with E-state index in [0.29, 0.717) is 37.9 Å². The molecule has 0 bridgehead atoms. The molecule has 0 amide bonds. The minimum atomic E-state index is -0.335. The molecule has 1 aromatic carbocycles. The van der Waals surface area contributed by atoms with E-state index in [-0.39, 0.29) is 17.6 Å². The number of benzene rings is 1. The van der Waals surface area contributed by atoms with Gasteiger partial charge in [0.2, 0.25) is 0 Å². The zero-order valence-electron chi connectivity index (χ0n) is 12.2. The lowest BCUT2D eigenvalue weighted by atomic mass is 10.0. The summed E-state index contributed by atoms with van der Waals surface area (Å²) in [5, 5.41) is 7.96. The third-order valence-electron chi connectivity index (χ3n) is 3.59. The molecule has 2 aromatic rings. The first-order valence-corrected chi connectivity index (χ1v) is 7.11. The van der Waals surface area contributed by atoms with Crippen LogP contribution in [0, 0.1) is 5.82 Å². The summed E-state index contributed by atoms with van der Waals surface area (Å²) in [6.07, 6.45) is 0. The Labute approximate surface area is 122 Å². The number of anilines is 1. The number of hydrogen-bond donors (Lipinski definition) is 0. The zero-order chi connectivity index (χ0) is 14.8. The van der Waals surface area contributed by atoms with Gasteiger partial charge >= 0.3 is 6.01 Å². The molecule has 0 aliphatic carbocycles. The molecule has 0 atom stereocenters. The fraction of sp³-hybridized carbons (Fsp3) is 0.467. The van der Waals surface area contributed by atoms with Crippen molar-refractivity contribution in [3.63, 3.8) is 0 Å². The molecule has 0 unspecified atom stereocenters. The van der Waals surface area contributed by atoms with Crippen LogP contribution < -0.4 is 4.90 Å². The van der Waals surface area contributed by atoms with Gasteiger partial charge in [0.05, 0.1) is 18.8 Å². The van der Waals surface area contributed by atoms with Crippen LogP contribution in [0.5, 0.6) is 0 Å². The highest BCUT2D eigenvalue weighted by Crippen LogP contribution is 2.27. The normalized spacial score (nSPS) is 15.7. The fourth-order valence-electron chi connectivity index (χ4n) is 2.27. The lowest BCUT2D eigenvalue weighted by Crippen LogP contribution is -2.36. The van der Waals surface area contributed by atoms with Gasteiger partial charge in [0.15, 0.2) is 0 Å². The van der Waals surface area contributed by atoms with E-state index in [0.717, 1.165) is 5.56 Å². The van der Waals surface area contributed by atoms with Crippen LogP contribution in [-0.4, -0.2) is 36.5 Å². The first-order chi connectivity index (χ1) is 10.1. The SMILES string of the molecule is CC(C)c1ccc(-c2nnc(N3CCOCC3)o2)c(F)c1. The molecule has 3 rings (SSSR count). The van der Waals surface area contributed by atoms with Crippen LogP contribution in [0.1, 0.15) is 25.3 Å². The lowest BCUT2D eigenvalue weighted by molar-refractivity contribution is 0.120. The maximum atomic E-state index is 14.2. The van der Waals surface area contributed by atoms with Crippen molar-refractivity contribution in [3.05, 3.63) is 29.6 Å². The second kappa shape index (κ2) is 5.81. The van der Waals surface area contributed by atoms with Gasteiger partial charge in [-0.2, -0.15) is 0 Å². The highest BCUT2D eigenvalue weighted by Gasteiger charge is 2.19. The van der Waals surface area contributed by atoms with Crippen LogP contribution in [0.3, 0.4) is 0 Å². The summed E-state index contributed by atoms with van der Waals surface area (Å²) in [4.78, 5) is 1.94. The third kappa shape index (κ3) is 2.90. The Morgan fingerprint density at radius 1 is 1.19 bits per heavy atom. The van der Waals surface area contributed by atoms with Gasteiger partial charge in [0.1, 0.15) is 5.82 Å². The van der Waals surface area contributed by atoms with E-state index in [4.69, 9.17) is 9.15 Å². The molecule has 1 aromatic heterocycles. The van der Waals surface area contributed by atoms with Gasteiger partial charge < -0.3 is 14.1 Å². The monoisotopic (exact) mass is 291 g/mol. The van der Waals surface area contributed by atoms with E-state index in [1.807, 2.05) is 24.8 Å². The molecular weight excluding hydrogens is 273 g/mol. The topological polar surface area (TPSA) is 51.4 Å². The van der Waals surface area contributed by atoms with Crippen molar-refractivity contribution in [2.24, 2.45) is 0 Å². The molecule has 0 radical (unpaired) electrons. The fourth-order valence-corrected chi connectivity index (χ4v) is 2.27. The Balaban J connectivity index is 1.85. The van der Waals surface area contributed by atoms with Gasteiger partial charge in [-0.3, -0.25) is 0 Å². The van der Waals surface area contributed by atoms with Gasteiger partial charge in [-0.05, 0) is 23.6 Å². The van der Waals surface area contributed by atoms with Gasteiger partial charge in [0.25, 0.3) is 5.89 Å². The molecule has 1 aliphatic rings. The molecule has 0 saturated carbocycles. The summed E-state index contributed by atoms with van der Waals surface area (Å²) >= 11 is 0. The van der Waals surface area contributed by atoms with E-state index in [9.17, 15) is 4.39 Å². The molecule has 1 fully saturated rings. The summed E-state index contributed by atoms with van der Waals surface area (Å²) < 4.78 is 25.1. The number of halogens is 1. The average Bonchev–Trinajstić information content (AvgIpc) is 2.97. The number of aromatic nitrogens is 2. The van der Waals surface area contributed by atoms with Gasteiger partial charge in [-0.25, -0.2) is 4.39 Å².